The second-order valence-electron chi connectivity index (χ2n) is 6.71. The Morgan fingerprint density at radius 1 is 0.800 bits per heavy atom. The first-order valence-electron chi connectivity index (χ1n) is 9.45. The predicted octanol–water partition coefficient (Wildman–Crippen LogP) is 5.08. The number of nitrogens with zero attached hydrogens (tertiary/aromatic N) is 1. The summed E-state index contributed by atoms with van der Waals surface area (Å²) in [6.07, 6.45) is 0. The lowest BCUT2D eigenvalue weighted by Crippen LogP contribution is -2.03. The number of rotatable bonds is 4. The summed E-state index contributed by atoms with van der Waals surface area (Å²) in [7, 11) is 3.22. The van der Waals surface area contributed by atoms with E-state index in [9.17, 15) is 0 Å². The first kappa shape index (κ1) is 18.1. The number of hydrogen-bond donors (Lipinski definition) is 0. The van der Waals surface area contributed by atoms with Crippen LogP contribution in [0.25, 0.3) is 22.3 Å². The summed E-state index contributed by atoms with van der Waals surface area (Å²) in [6, 6.07) is 21.1. The second kappa shape index (κ2) is 7.48. The fourth-order valence-corrected chi connectivity index (χ4v) is 3.44. The molecule has 5 rings (SSSR count). The molecule has 150 valence electrons. The van der Waals surface area contributed by atoms with E-state index in [1.165, 1.54) is 0 Å². The van der Waals surface area contributed by atoms with E-state index >= 15 is 0 Å². The lowest BCUT2D eigenvalue weighted by Gasteiger charge is -2.10. The molecule has 1 aliphatic rings. The smallest absolute Gasteiger partial charge is 0.231 e. The van der Waals surface area contributed by atoms with Gasteiger partial charge < -0.3 is 23.4 Å². The summed E-state index contributed by atoms with van der Waals surface area (Å²) >= 11 is 0. The van der Waals surface area contributed by atoms with Gasteiger partial charge in [0.25, 0.3) is 0 Å². The molecule has 0 saturated carbocycles. The zero-order chi connectivity index (χ0) is 20.5. The standard InChI is InChI=1S/C24H19NO5/c1-26-20-9-7-15(11-23(20)27-2)22-13-18(17-5-3-4-6-19(17)30-22)25-16-8-10-21-24(12-16)29-14-28-21/h3-13H,14H2,1-2H3. The third-order valence-corrected chi connectivity index (χ3v) is 4.92. The highest BCUT2D eigenvalue weighted by Gasteiger charge is 2.14. The summed E-state index contributed by atoms with van der Waals surface area (Å²) in [5.74, 6) is 3.39. The fraction of sp³-hybridized carbons (Fsp3) is 0.125. The Labute approximate surface area is 172 Å². The molecule has 2 heterocycles. The summed E-state index contributed by atoms with van der Waals surface area (Å²) in [5, 5.41) is 1.71. The number of para-hydroxylation sites is 1. The third kappa shape index (κ3) is 3.22. The van der Waals surface area contributed by atoms with Crippen molar-refractivity contribution in [3.8, 4) is 34.3 Å². The maximum atomic E-state index is 6.17. The van der Waals surface area contributed by atoms with E-state index < -0.39 is 0 Å². The molecule has 0 spiro atoms. The van der Waals surface area contributed by atoms with E-state index in [2.05, 4.69) is 0 Å². The van der Waals surface area contributed by atoms with Gasteiger partial charge in [-0.05, 0) is 42.5 Å². The first-order valence-corrected chi connectivity index (χ1v) is 9.45. The normalized spacial score (nSPS) is 12.9. The lowest BCUT2D eigenvalue weighted by atomic mass is 10.1. The van der Waals surface area contributed by atoms with Crippen LogP contribution in [0, 0.1) is 0 Å². The van der Waals surface area contributed by atoms with E-state index in [-0.39, 0.29) is 6.79 Å². The monoisotopic (exact) mass is 401 g/mol. The molecule has 0 unspecified atom stereocenters. The van der Waals surface area contributed by atoms with E-state index in [1.54, 1.807) is 14.2 Å². The van der Waals surface area contributed by atoms with Crippen LogP contribution >= 0.6 is 0 Å². The second-order valence-corrected chi connectivity index (χ2v) is 6.71. The third-order valence-electron chi connectivity index (χ3n) is 4.92. The molecule has 0 atom stereocenters. The van der Waals surface area contributed by atoms with E-state index in [4.69, 9.17) is 28.4 Å². The maximum absolute atomic E-state index is 6.17. The Balaban J connectivity index is 1.69. The Hall–Kier alpha value is -3.93. The van der Waals surface area contributed by atoms with Gasteiger partial charge >= 0.3 is 0 Å². The molecule has 0 N–H and O–H groups in total. The average Bonchev–Trinajstić information content (AvgIpc) is 3.26. The molecular weight excluding hydrogens is 382 g/mol. The molecule has 1 aromatic heterocycles. The Kier molecular flexibility index (Phi) is 4.52. The first-order chi connectivity index (χ1) is 14.7. The highest BCUT2D eigenvalue weighted by Crippen LogP contribution is 2.35. The molecule has 30 heavy (non-hydrogen) atoms. The van der Waals surface area contributed by atoms with E-state index in [1.807, 2.05) is 66.7 Å². The molecule has 4 aromatic rings. The summed E-state index contributed by atoms with van der Waals surface area (Å²) in [5.41, 5.74) is 2.37. The van der Waals surface area contributed by atoms with Gasteiger partial charge in [-0.25, -0.2) is 4.99 Å². The molecule has 0 bridgehead atoms. The van der Waals surface area contributed by atoms with Gasteiger partial charge in [-0.1, -0.05) is 12.1 Å². The quantitative estimate of drug-likeness (QED) is 0.477. The fourth-order valence-electron chi connectivity index (χ4n) is 3.44. The van der Waals surface area contributed by atoms with Crippen molar-refractivity contribution in [1.82, 2.24) is 0 Å². The van der Waals surface area contributed by atoms with Crippen LogP contribution in [0.2, 0.25) is 0 Å². The average molecular weight is 401 g/mol. The highest BCUT2D eigenvalue weighted by atomic mass is 16.7. The number of methoxy groups -OCH3 is 2. The number of fused-ring (bicyclic) bond motifs is 2. The van der Waals surface area contributed by atoms with E-state index in [0.29, 0.717) is 23.0 Å². The molecule has 6 heteroatoms. The minimum atomic E-state index is 0.232. The van der Waals surface area contributed by atoms with Gasteiger partial charge in [0.1, 0.15) is 11.3 Å². The van der Waals surface area contributed by atoms with Crippen molar-refractivity contribution >= 4 is 16.7 Å². The Morgan fingerprint density at radius 3 is 2.50 bits per heavy atom. The molecule has 0 radical (unpaired) electrons. The molecule has 6 nitrogen and oxygen atoms in total. The van der Waals surface area contributed by atoms with Crippen molar-refractivity contribution < 1.29 is 23.4 Å². The summed E-state index contributed by atoms with van der Waals surface area (Å²) in [4.78, 5) is 4.86. The molecule has 0 aliphatic carbocycles. The van der Waals surface area contributed by atoms with Gasteiger partial charge in [0.05, 0.1) is 25.3 Å². The van der Waals surface area contributed by atoms with Crippen LogP contribution in [0.5, 0.6) is 23.0 Å². The molecule has 0 amide bonds. The van der Waals surface area contributed by atoms with Crippen molar-refractivity contribution in [2.75, 3.05) is 21.0 Å². The largest absolute Gasteiger partial charge is 0.493 e. The van der Waals surface area contributed by atoms with Gasteiger partial charge in [0.15, 0.2) is 23.0 Å². The number of ether oxygens (including phenoxy) is 4. The zero-order valence-corrected chi connectivity index (χ0v) is 16.5. The SMILES string of the molecule is COc1ccc(-c2cc(=Nc3ccc4c(c3)OCO4)c3ccccc3o2)cc1OC. The van der Waals surface area contributed by atoms with Gasteiger partial charge in [-0.2, -0.15) is 0 Å². The van der Waals surface area contributed by atoms with Gasteiger partial charge in [-0.3, -0.25) is 0 Å². The topological polar surface area (TPSA) is 62.4 Å². The summed E-state index contributed by atoms with van der Waals surface area (Å²) < 4.78 is 27.8. The predicted molar refractivity (Wildman–Crippen MR) is 113 cm³/mol. The maximum Gasteiger partial charge on any atom is 0.231 e. The van der Waals surface area contributed by atoms with Crippen LogP contribution in [0.4, 0.5) is 5.69 Å². The highest BCUT2D eigenvalue weighted by molar-refractivity contribution is 5.79. The van der Waals surface area contributed by atoms with Crippen molar-refractivity contribution in [2.24, 2.45) is 4.99 Å². The molecule has 3 aromatic carbocycles. The molecule has 1 aliphatic heterocycles. The van der Waals surface area contributed by atoms with Gasteiger partial charge in [0, 0.05) is 23.1 Å². The van der Waals surface area contributed by atoms with E-state index in [0.717, 1.165) is 33.3 Å². The van der Waals surface area contributed by atoms with Crippen LogP contribution in [-0.4, -0.2) is 21.0 Å². The van der Waals surface area contributed by atoms with Crippen LogP contribution < -0.4 is 24.3 Å². The van der Waals surface area contributed by atoms with Gasteiger partial charge in [-0.15, -0.1) is 0 Å². The number of benzene rings is 3. The lowest BCUT2D eigenvalue weighted by molar-refractivity contribution is 0.174. The van der Waals surface area contributed by atoms with Crippen LogP contribution in [0.15, 0.2) is 76.1 Å². The van der Waals surface area contributed by atoms with Crippen molar-refractivity contribution in [1.29, 1.82) is 0 Å². The van der Waals surface area contributed by atoms with Crippen molar-refractivity contribution in [3.63, 3.8) is 0 Å². The minimum Gasteiger partial charge on any atom is -0.493 e. The Morgan fingerprint density at radius 2 is 1.63 bits per heavy atom. The molecule has 0 fully saturated rings. The zero-order valence-electron chi connectivity index (χ0n) is 16.5. The van der Waals surface area contributed by atoms with Crippen molar-refractivity contribution in [3.05, 3.63) is 72.1 Å². The molecule has 0 saturated heterocycles. The van der Waals surface area contributed by atoms with Crippen molar-refractivity contribution in [2.45, 2.75) is 0 Å². The van der Waals surface area contributed by atoms with Crippen LogP contribution in [0.1, 0.15) is 0 Å². The van der Waals surface area contributed by atoms with Gasteiger partial charge in [0.2, 0.25) is 6.79 Å². The summed E-state index contributed by atoms with van der Waals surface area (Å²) in [6.45, 7) is 0.232. The molecular formula is C24H19NO5. The van der Waals surface area contributed by atoms with Crippen LogP contribution in [0.3, 0.4) is 0 Å². The Bertz CT molecular complexity index is 1310. The van der Waals surface area contributed by atoms with Crippen LogP contribution in [-0.2, 0) is 0 Å². The minimum absolute atomic E-state index is 0.232. The number of hydrogen-bond acceptors (Lipinski definition) is 6.